The number of fused-ring (bicyclic) bond motifs is 1. The highest BCUT2D eigenvalue weighted by Gasteiger charge is 2.14. The molecule has 0 aliphatic rings. The number of nitrogens with zero attached hydrogens (tertiary/aromatic N) is 4. The highest BCUT2D eigenvalue weighted by atomic mass is 79.9. The van der Waals surface area contributed by atoms with Gasteiger partial charge in [0.25, 0.3) is 5.69 Å². The average Bonchev–Trinajstić information content (AvgIpc) is 3.18. The van der Waals surface area contributed by atoms with E-state index >= 15 is 0 Å². The highest BCUT2D eigenvalue weighted by molar-refractivity contribution is 9.10. The third-order valence-electron chi connectivity index (χ3n) is 4.64. The Morgan fingerprint density at radius 2 is 1.90 bits per heavy atom. The van der Waals surface area contributed by atoms with E-state index in [0.717, 1.165) is 11.3 Å². The second kappa shape index (κ2) is 8.19. The summed E-state index contributed by atoms with van der Waals surface area (Å²) in [7, 11) is 3.95. The molecule has 4 rings (SSSR count). The zero-order valence-electron chi connectivity index (χ0n) is 16.6. The third-order valence-corrected chi connectivity index (χ3v) is 5.25. The Labute approximate surface area is 185 Å². The molecule has 0 fully saturated rings. The summed E-state index contributed by atoms with van der Waals surface area (Å²) in [4.78, 5) is 21.4. The molecule has 156 valence electrons. The molecule has 4 aromatic rings. The minimum absolute atomic E-state index is 0.125. The van der Waals surface area contributed by atoms with E-state index in [1.54, 1.807) is 18.2 Å². The normalized spacial score (nSPS) is 11.3. The van der Waals surface area contributed by atoms with Gasteiger partial charge in [-0.15, -0.1) is 0 Å². The fourth-order valence-electron chi connectivity index (χ4n) is 2.98. The maximum absolute atomic E-state index is 11.0. The molecule has 0 aliphatic heterocycles. The Morgan fingerprint density at radius 1 is 1.16 bits per heavy atom. The molecule has 9 heteroatoms. The molecular weight excluding hydrogens is 464 g/mol. The SMILES string of the molecule is CN(C)c1ccc(-c2nc3cc(N=Cc4cc([N+](=O)[O-])cc(Br)c4O)ccc3o2)cc1. The maximum atomic E-state index is 11.0. The minimum Gasteiger partial charge on any atom is -0.506 e. The van der Waals surface area contributed by atoms with E-state index in [-0.39, 0.29) is 21.5 Å². The Hall–Kier alpha value is -3.72. The third kappa shape index (κ3) is 4.26. The molecule has 0 unspecified atom stereocenters. The lowest BCUT2D eigenvalue weighted by Gasteiger charge is -2.11. The molecule has 1 aromatic heterocycles. The van der Waals surface area contributed by atoms with Crippen molar-refractivity contribution in [2.75, 3.05) is 19.0 Å². The molecule has 3 aromatic carbocycles. The van der Waals surface area contributed by atoms with Crippen molar-refractivity contribution in [1.82, 2.24) is 4.98 Å². The van der Waals surface area contributed by atoms with Crippen LogP contribution in [-0.2, 0) is 0 Å². The van der Waals surface area contributed by atoms with Gasteiger partial charge >= 0.3 is 0 Å². The van der Waals surface area contributed by atoms with Crippen molar-refractivity contribution in [3.63, 3.8) is 0 Å². The Morgan fingerprint density at radius 3 is 2.58 bits per heavy atom. The Balaban J connectivity index is 1.64. The van der Waals surface area contributed by atoms with Crippen LogP contribution in [0.4, 0.5) is 17.1 Å². The number of phenolic OH excluding ortho intramolecular Hbond substituents is 1. The van der Waals surface area contributed by atoms with E-state index in [4.69, 9.17) is 4.42 Å². The van der Waals surface area contributed by atoms with Gasteiger partial charge in [0, 0.05) is 49.3 Å². The first-order chi connectivity index (χ1) is 14.8. The summed E-state index contributed by atoms with van der Waals surface area (Å²) in [6, 6.07) is 15.6. The lowest BCUT2D eigenvalue weighted by Crippen LogP contribution is -2.07. The Kier molecular flexibility index (Phi) is 5.43. The number of non-ortho nitro benzene ring substituents is 1. The van der Waals surface area contributed by atoms with Gasteiger partial charge in [-0.1, -0.05) is 0 Å². The summed E-state index contributed by atoms with van der Waals surface area (Å²) in [5.74, 6) is 0.377. The number of oxazole rings is 1. The quantitative estimate of drug-likeness (QED) is 0.223. The average molecular weight is 481 g/mol. The summed E-state index contributed by atoms with van der Waals surface area (Å²) in [6.45, 7) is 0. The molecule has 31 heavy (non-hydrogen) atoms. The zero-order valence-corrected chi connectivity index (χ0v) is 18.2. The number of nitro groups is 1. The fraction of sp³-hybridized carbons (Fsp3) is 0.0909. The van der Waals surface area contributed by atoms with Gasteiger partial charge in [0.15, 0.2) is 5.58 Å². The van der Waals surface area contributed by atoms with Crippen LogP contribution >= 0.6 is 15.9 Å². The summed E-state index contributed by atoms with van der Waals surface area (Å²) in [5, 5.41) is 21.2. The molecule has 0 bridgehead atoms. The molecule has 0 saturated carbocycles. The first-order valence-electron chi connectivity index (χ1n) is 9.21. The summed E-state index contributed by atoms with van der Waals surface area (Å²) >= 11 is 3.12. The molecule has 0 aliphatic carbocycles. The van der Waals surface area contributed by atoms with Gasteiger partial charge in [-0.05, 0) is 58.4 Å². The van der Waals surface area contributed by atoms with Gasteiger partial charge in [0.1, 0.15) is 11.3 Å². The number of hydrogen-bond acceptors (Lipinski definition) is 7. The van der Waals surface area contributed by atoms with Gasteiger partial charge in [0.2, 0.25) is 5.89 Å². The lowest BCUT2D eigenvalue weighted by atomic mass is 10.2. The van der Waals surface area contributed by atoms with Crippen LogP contribution in [0.3, 0.4) is 0 Å². The van der Waals surface area contributed by atoms with E-state index in [1.165, 1.54) is 18.3 Å². The summed E-state index contributed by atoms with van der Waals surface area (Å²) in [6.07, 6.45) is 1.37. The monoisotopic (exact) mass is 480 g/mol. The first kappa shape index (κ1) is 20.5. The number of hydrogen-bond donors (Lipinski definition) is 1. The van der Waals surface area contributed by atoms with Crippen LogP contribution in [0.25, 0.3) is 22.6 Å². The number of aliphatic imine (C=N–C) groups is 1. The smallest absolute Gasteiger partial charge is 0.271 e. The first-order valence-corrected chi connectivity index (χ1v) is 10.0. The standard InChI is InChI=1S/C22H17BrN4O4/c1-26(2)16-6-3-13(4-7-16)22-25-19-10-15(5-8-20(19)31-22)24-12-14-9-17(27(29)30)11-18(23)21(14)28/h3-12,28H,1-2H3. The number of aromatic hydroxyl groups is 1. The molecule has 0 amide bonds. The maximum Gasteiger partial charge on any atom is 0.271 e. The second-order valence-corrected chi connectivity index (χ2v) is 7.85. The summed E-state index contributed by atoms with van der Waals surface area (Å²) < 4.78 is 6.07. The number of benzene rings is 3. The largest absolute Gasteiger partial charge is 0.506 e. The van der Waals surface area contributed by atoms with Crippen LogP contribution in [0.1, 0.15) is 5.56 Å². The minimum atomic E-state index is -0.532. The Bertz CT molecular complexity index is 1310. The van der Waals surface area contributed by atoms with Crippen LogP contribution in [0.15, 0.2) is 68.5 Å². The molecule has 0 atom stereocenters. The molecule has 8 nitrogen and oxygen atoms in total. The number of aromatic nitrogens is 1. The van der Waals surface area contributed by atoms with Crippen LogP contribution in [0, 0.1) is 10.1 Å². The number of nitro benzene ring substituents is 1. The van der Waals surface area contributed by atoms with Crippen molar-refractivity contribution < 1.29 is 14.4 Å². The zero-order chi connectivity index (χ0) is 22.1. The van der Waals surface area contributed by atoms with Crippen molar-refractivity contribution in [2.45, 2.75) is 0 Å². The number of halogens is 1. The predicted octanol–water partition coefficient (Wildman–Crippen LogP) is 5.69. The van der Waals surface area contributed by atoms with Crippen molar-refractivity contribution in [3.8, 4) is 17.2 Å². The van der Waals surface area contributed by atoms with Crippen LogP contribution < -0.4 is 4.90 Å². The van der Waals surface area contributed by atoms with Crippen molar-refractivity contribution in [3.05, 3.63) is 74.7 Å². The van der Waals surface area contributed by atoms with Crippen LogP contribution in [-0.4, -0.2) is 35.3 Å². The molecule has 1 N–H and O–H groups in total. The van der Waals surface area contributed by atoms with E-state index < -0.39 is 4.92 Å². The highest BCUT2D eigenvalue weighted by Crippen LogP contribution is 2.32. The van der Waals surface area contributed by atoms with Gasteiger partial charge < -0.3 is 14.4 Å². The van der Waals surface area contributed by atoms with Gasteiger partial charge in [-0.3, -0.25) is 15.1 Å². The molecular formula is C22H17BrN4O4. The topological polar surface area (TPSA) is 105 Å². The van der Waals surface area contributed by atoms with E-state index in [1.807, 2.05) is 43.3 Å². The van der Waals surface area contributed by atoms with E-state index in [9.17, 15) is 15.2 Å². The lowest BCUT2D eigenvalue weighted by molar-refractivity contribution is -0.385. The van der Waals surface area contributed by atoms with Crippen molar-refractivity contribution in [1.29, 1.82) is 0 Å². The molecule has 0 saturated heterocycles. The molecule has 0 radical (unpaired) electrons. The second-order valence-electron chi connectivity index (χ2n) is 6.99. The predicted molar refractivity (Wildman–Crippen MR) is 123 cm³/mol. The van der Waals surface area contributed by atoms with E-state index in [0.29, 0.717) is 22.7 Å². The van der Waals surface area contributed by atoms with E-state index in [2.05, 4.69) is 25.9 Å². The van der Waals surface area contributed by atoms with Crippen LogP contribution in [0.2, 0.25) is 0 Å². The number of rotatable bonds is 5. The fourth-order valence-corrected chi connectivity index (χ4v) is 3.44. The van der Waals surface area contributed by atoms with Gasteiger partial charge in [-0.25, -0.2) is 4.98 Å². The van der Waals surface area contributed by atoms with Gasteiger partial charge in [-0.2, -0.15) is 0 Å². The van der Waals surface area contributed by atoms with Crippen molar-refractivity contribution >= 4 is 50.3 Å². The summed E-state index contributed by atoms with van der Waals surface area (Å²) in [5.41, 5.74) is 3.83. The van der Waals surface area contributed by atoms with Crippen LogP contribution in [0.5, 0.6) is 5.75 Å². The number of anilines is 1. The number of phenols is 1. The molecule has 0 spiro atoms. The van der Waals surface area contributed by atoms with Crippen molar-refractivity contribution in [2.24, 2.45) is 4.99 Å². The van der Waals surface area contributed by atoms with Gasteiger partial charge in [0.05, 0.1) is 15.1 Å². The molecule has 1 heterocycles.